The monoisotopic (exact) mass is 235 g/mol. The Kier molecular flexibility index (Phi) is 2.93. The van der Waals surface area contributed by atoms with Crippen molar-refractivity contribution in [3.63, 3.8) is 0 Å². The van der Waals surface area contributed by atoms with Gasteiger partial charge in [0.05, 0.1) is 7.11 Å². The van der Waals surface area contributed by atoms with Gasteiger partial charge >= 0.3 is 5.97 Å². The number of hydrogen-bond acceptors (Lipinski definition) is 5. The Morgan fingerprint density at radius 2 is 2.14 bits per heavy atom. The lowest BCUT2D eigenvalue weighted by Crippen LogP contribution is -2.11. The molecule has 0 atom stereocenters. The van der Waals surface area contributed by atoms with E-state index in [0.717, 1.165) is 11.3 Å². The molecule has 0 saturated carbocycles. The first kappa shape index (κ1) is 11.2. The second kappa shape index (κ2) is 3.68. The molecular formula is C7H9NO4S2. The summed E-state index contributed by atoms with van der Waals surface area (Å²) >= 11 is 0.812. The van der Waals surface area contributed by atoms with Crippen LogP contribution < -0.4 is 5.14 Å². The molecule has 5 nitrogen and oxygen atoms in total. The first-order valence-electron chi connectivity index (χ1n) is 3.58. The molecule has 0 aromatic carbocycles. The standard InChI is InChI=1S/C7H9NO4S2/c1-4-3-5(6(9)12-2)13-7(4)14(8,10)11/h3H,1-2H3,(H2,8,10,11). The molecule has 1 aromatic rings. The van der Waals surface area contributed by atoms with Crippen LogP contribution in [0.3, 0.4) is 0 Å². The number of methoxy groups -OCH3 is 1. The van der Waals surface area contributed by atoms with Crippen LogP contribution in [0.5, 0.6) is 0 Å². The lowest BCUT2D eigenvalue weighted by Gasteiger charge is -1.93. The van der Waals surface area contributed by atoms with Gasteiger partial charge in [-0.15, -0.1) is 11.3 Å². The van der Waals surface area contributed by atoms with Gasteiger partial charge < -0.3 is 4.74 Å². The SMILES string of the molecule is COC(=O)c1cc(C)c(S(N)(=O)=O)s1. The number of sulfonamides is 1. The van der Waals surface area contributed by atoms with Gasteiger partial charge in [0, 0.05) is 0 Å². The third-order valence-corrected chi connectivity index (χ3v) is 4.31. The minimum Gasteiger partial charge on any atom is -0.465 e. The summed E-state index contributed by atoms with van der Waals surface area (Å²) in [6.45, 7) is 1.57. The van der Waals surface area contributed by atoms with Crippen molar-refractivity contribution in [2.75, 3.05) is 7.11 Å². The highest BCUT2D eigenvalue weighted by molar-refractivity contribution is 7.91. The van der Waals surface area contributed by atoms with Crippen LogP contribution in [0.4, 0.5) is 0 Å². The van der Waals surface area contributed by atoms with Crippen molar-refractivity contribution < 1.29 is 17.9 Å². The van der Waals surface area contributed by atoms with Crippen LogP contribution in [0, 0.1) is 6.92 Å². The maximum atomic E-state index is 11.1. The number of nitrogens with two attached hydrogens (primary N) is 1. The zero-order chi connectivity index (χ0) is 10.9. The number of carbonyl (C=O) groups is 1. The highest BCUT2D eigenvalue weighted by Crippen LogP contribution is 2.25. The van der Waals surface area contributed by atoms with Crippen LogP contribution in [-0.4, -0.2) is 21.5 Å². The Morgan fingerprint density at radius 1 is 1.57 bits per heavy atom. The van der Waals surface area contributed by atoms with E-state index in [1.807, 2.05) is 0 Å². The molecule has 0 aliphatic carbocycles. The van der Waals surface area contributed by atoms with Crippen LogP contribution in [0.25, 0.3) is 0 Å². The predicted octanol–water partition coefficient (Wildman–Crippen LogP) is 0.491. The molecule has 0 amide bonds. The molecule has 1 rings (SSSR count). The third kappa shape index (κ3) is 2.11. The molecule has 1 aromatic heterocycles. The third-order valence-electron chi connectivity index (χ3n) is 1.52. The molecule has 0 spiro atoms. The zero-order valence-corrected chi connectivity index (χ0v) is 9.24. The highest BCUT2D eigenvalue weighted by Gasteiger charge is 2.19. The van der Waals surface area contributed by atoms with Crippen LogP contribution in [-0.2, 0) is 14.8 Å². The Hall–Kier alpha value is -0.920. The minimum absolute atomic E-state index is 0.00194. The van der Waals surface area contributed by atoms with Crippen LogP contribution in [0.2, 0.25) is 0 Å². The van der Waals surface area contributed by atoms with E-state index in [2.05, 4.69) is 4.74 Å². The largest absolute Gasteiger partial charge is 0.465 e. The molecule has 14 heavy (non-hydrogen) atoms. The summed E-state index contributed by atoms with van der Waals surface area (Å²) in [7, 11) is -2.51. The fraction of sp³-hybridized carbons (Fsp3) is 0.286. The van der Waals surface area contributed by atoms with Gasteiger partial charge in [-0.25, -0.2) is 18.4 Å². The molecule has 78 valence electrons. The fourth-order valence-corrected chi connectivity index (χ4v) is 3.01. The topological polar surface area (TPSA) is 86.5 Å². The Labute approximate surface area is 85.5 Å². The Bertz CT molecular complexity index is 460. The van der Waals surface area contributed by atoms with E-state index in [9.17, 15) is 13.2 Å². The van der Waals surface area contributed by atoms with Gasteiger partial charge in [-0.1, -0.05) is 0 Å². The summed E-state index contributed by atoms with van der Waals surface area (Å²) in [5, 5.41) is 4.94. The van der Waals surface area contributed by atoms with E-state index in [1.165, 1.54) is 13.2 Å². The Morgan fingerprint density at radius 3 is 2.50 bits per heavy atom. The second-order valence-corrected chi connectivity index (χ2v) is 5.43. The Balaban J connectivity index is 3.25. The van der Waals surface area contributed by atoms with Gasteiger partial charge in [0.2, 0.25) is 10.0 Å². The number of thiophene rings is 1. The van der Waals surface area contributed by atoms with Crippen LogP contribution in [0.15, 0.2) is 10.3 Å². The maximum Gasteiger partial charge on any atom is 0.348 e. The molecule has 0 bridgehead atoms. The number of ether oxygens (including phenoxy) is 1. The molecule has 1 heterocycles. The number of esters is 1. The summed E-state index contributed by atoms with van der Waals surface area (Å²) < 4.78 is 26.5. The van der Waals surface area contributed by atoms with E-state index < -0.39 is 16.0 Å². The average molecular weight is 235 g/mol. The smallest absolute Gasteiger partial charge is 0.348 e. The number of rotatable bonds is 2. The molecule has 0 unspecified atom stereocenters. The first-order valence-corrected chi connectivity index (χ1v) is 5.94. The van der Waals surface area contributed by atoms with Crippen molar-refractivity contribution in [1.82, 2.24) is 0 Å². The summed E-state index contributed by atoms with van der Waals surface area (Å²) in [6.07, 6.45) is 0. The van der Waals surface area contributed by atoms with Gasteiger partial charge in [-0.05, 0) is 18.6 Å². The van der Waals surface area contributed by atoms with Gasteiger partial charge in [0.1, 0.15) is 9.09 Å². The summed E-state index contributed by atoms with van der Waals surface area (Å²) in [5.74, 6) is -0.562. The number of hydrogen-bond donors (Lipinski definition) is 1. The van der Waals surface area contributed by atoms with Crippen LogP contribution in [0.1, 0.15) is 15.2 Å². The van der Waals surface area contributed by atoms with Gasteiger partial charge in [-0.2, -0.15) is 0 Å². The maximum absolute atomic E-state index is 11.1. The average Bonchev–Trinajstić information content (AvgIpc) is 2.45. The van der Waals surface area contributed by atoms with Crippen molar-refractivity contribution in [1.29, 1.82) is 0 Å². The summed E-state index contributed by atoms with van der Waals surface area (Å²) in [6, 6.07) is 1.44. The molecule has 0 fully saturated rings. The lowest BCUT2D eigenvalue weighted by molar-refractivity contribution is 0.0606. The summed E-state index contributed by atoms with van der Waals surface area (Å²) in [4.78, 5) is 11.3. The number of carbonyl (C=O) groups excluding carboxylic acids is 1. The van der Waals surface area contributed by atoms with Gasteiger partial charge in [0.15, 0.2) is 0 Å². The van der Waals surface area contributed by atoms with E-state index in [0.29, 0.717) is 5.56 Å². The van der Waals surface area contributed by atoms with E-state index in [1.54, 1.807) is 6.92 Å². The zero-order valence-electron chi connectivity index (χ0n) is 7.60. The molecule has 2 N–H and O–H groups in total. The highest BCUT2D eigenvalue weighted by atomic mass is 32.2. The van der Waals surface area contributed by atoms with Gasteiger partial charge in [-0.3, -0.25) is 0 Å². The number of aryl methyl sites for hydroxylation is 1. The molecular weight excluding hydrogens is 226 g/mol. The van der Waals surface area contributed by atoms with E-state index in [4.69, 9.17) is 5.14 Å². The van der Waals surface area contributed by atoms with E-state index in [-0.39, 0.29) is 9.09 Å². The molecule has 0 radical (unpaired) electrons. The normalized spacial score (nSPS) is 11.4. The van der Waals surface area contributed by atoms with Crippen molar-refractivity contribution in [2.45, 2.75) is 11.1 Å². The van der Waals surface area contributed by atoms with Crippen molar-refractivity contribution in [2.24, 2.45) is 5.14 Å². The lowest BCUT2D eigenvalue weighted by atomic mass is 10.3. The molecule has 0 aliphatic rings. The quantitative estimate of drug-likeness (QED) is 0.756. The van der Waals surface area contributed by atoms with Crippen molar-refractivity contribution in [3.8, 4) is 0 Å². The van der Waals surface area contributed by atoms with Crippen molar-refractivity contribution >= 4 is 27.3 Å². The minimum atomic E-state index is -3.74. The van der Waals surface area contributed by atoms with Gasteiger partial charge in [0.25, 0.3) is 0 Å². The van der Waals surface area contributed by atoms with E-state index >= 15 is 0 Å². The van der Waals surface area contributed by atoms with Crippen LogP contribution >= 0.6 is 11.3 Å². The predicted molar refractivity (Wildman–Crippen MR) is 51.8 cm³/mol. The molecule has 7 heteroatoms. The molecule has 0 saturated heterocycles. The summed E-state index contributed by atoms with van der Waals surface area (Å²) in [5.41, 5.74) is 0.456. The second-order valence-electron chi connectivity index (χ2n) is 2.62. The first-order chi connectivity index (χ1) is 6.36. The number of primary sulfonamides is 1. The molecule has 0 aliphatic heterocycles. The van der Waals surface area contributed by atoms with Crippen molar-refractivity contribution in [3.05, 3.63) is 16.5 Å². The fourth-order valence-electron chi connectivity index (χ4n) is 0.949.